The van der Waals surface area contributed by atoms with E-state index in [1.807, 2.05) is 42.0 Å². The number of carboxylic acid groups (broad SMARTS) is 1. The van der Waals surface area contributed by atoms with Gasteiger partial charge in [-0.25, -0.2) is 4.98 Å². The molecule has 0 radical (unpaired) electrons. The van der Waals surface area contributed by atoms with Crippen LogP contribution in [0.3, 0.4) is 0 Å². The average Bonchev–Trinajstić information content (AvgIpc) is 3.04. The molecule has 1 heterocycles. The van der Waals surface area contributed by atoms with E-state index in [4.69, 9.17) is 5.73 Å². The van der Waals surface area contributed by atoms with Crippen molar-refractivity contribution in [3.05, 3.63) is 48.0 Å². The fourth-order valence-electron chi connectivity index (χ4n) is 3.14. The topological polar surface area (TPSA) is 81.1 Å². The Labute approximate surface area is 141 Å². The number of nitrogens with zero attached hydrogens (tertiary/aromatic N) is 2. The lowest BCUT2D eigenvalue weighted by Gasteiger charge is -2.09. The smallest absolute Gasteiger partial charge is 0.316 e. The molecular formula is C17H22ClN3O2. The number of carbonyl (C=O) groups is 1. The molecule has 3 rings (SSSR count). The first-order valence-corrected chi connectivity index (χ1v) is 7.63. The first-order chi connectivity index (χ1) is 10.6. The standard InChI is InChI=1S/C17H21N3O2.ClH/c1-12-4-6-14(7-5-12)20-10-15(19-11-20)17(16(21)22)9-13(17)3-2-8-18;/h4-7,10-11,13H,2-3,8-9,18H2,1H3,(H,21,22);1H. The molecule has 0 spiro atoms. The third-order valence-corrected chi connectivity index (χ3v) is 4.62. The normalized spacial score (nSPS) is 22.4. The zero-order chi connectivity index (χ0) is 15.7. The van der Waals surface area contributed by atoms with Gasteiger partial charge in [-0.2, -0.15) is 0 Å². The highest BCUT2D eigenvalue weighted by molar-refractivity contribution is 5.85. The predicted octanol–water partition coefficient (Wildman–Crippen LogP) is 2.68. The second kappa shape index (κ2) is 6.72. The van der Waals surface area contributed by atoms with Crippen molar-refractivity contribution in [2.75, 3.05) is 6.54 Å². The Bertz CT molecular complexity index is 683. The van der Waals surface area contributed by atoms with Crippen molar-refractivity contribution < 1.29 is 9.90 Å². The second-order valence-electron chi connectivity index (χ2n) is 6.11. The lowest BCUT2D eigenvalue weighted by Crippen LogP contribution is -2.23. The average molecular weight is 336 g/mol. The molecular weight excluding hydrogens is 314 g/mol. The molecule has 0 aliphatic heterocycles. The molecule has 0 bridgehead atoms. The van der Waals surface area contributed by atoms with E-state index in [9.17, 15) is 9.90 Å². The van der Waals surface area contributed by atoms with Gasteiger partial charge in [0, 0.05) is 11.9 Å². The fraction of sp³-hybridized carbons (Fsp3) is 0.412. The number of nitrogens with two attached hydrogens (primary N) is 1. The Hall–Kier alpha value is -1.85. The molecule has 1 aliphatic carbocycles. The first-order valence-electron chi connectivity index (χ1n) is 7.63. The second-order valence-corrected chi connectivity index (χ2v) is 6.11. The van der Waals surface area contributed by atoms with Crippen molar-refractivity contribution in [3.8, 4) is 5.69 Å². The summed E-state index contributed by atoms with van der Waals surface area (Å²) in [4.78, 5) is 16.1. The highest BCUT2D eigenvalue weighted by Gasteiger charge is 2.62. The van der Waals surface area contributed by atoms with E-state index in [1.165, 1.54) is 5.56 Å². The van der Waals surface area contributed by atoms with E-state index in [1.54, 1.807) is 6.33 Å². The maximum Gasteiger partial charge on any atom is 0.316 e. The molecule has 0 saturated heterocycles. The minimum absolute atomic E-state index is 0. The van der Waals surface area contributed by atoms with E-state index in [2.05, 4.69) is 4.98 Å². The van der Waals surface area contributed by atoms with Crippen LogP contribution in [0.2, 0.25) is 0 Å². The monoisotopic (exact) mass is 335 g/mol. The summed E-state index contributed by atoms with van der Waals surface area (Å²) >= 11 is 0. The summed E-state index contributed by atoms with van der Waals surface area (Å²) in [5.74, 6) is -0.626. The van der Waals surface area contributed by atoms with E-state index in [-0.39, 0.29) is 18.3 Å². The minimum Gasteiger partial charge on any atom is -0.481 e. The maximum absolute atomic E-state index is 11.8. The van der Waals surface area contributed by atoms with Crippen molar-refractivity contribution in [1.82, 2.24) is 9.55 Å². The van der Waals surface area contributed by atoms with Crippen LogP contribution in [0.15, 0.2) is 36.8 Å². The van der Waals surface area contributed by atoms with Crippen LogP contribution in [0.25, 0.3) is 5.69 Å². The Kier molecular flexibility index (Phi) is 5.12. The molecule has 2 unspecified atom stereocenters. The third-order valence-electron chi connectivity index (χ3n) is 4.62. The highest BCUT2D eigenvalue weighted by Crippen LogP contribution is 2.56. The summed E-state index contributed by atoms with van der Waals surface area (Å²) in [6.45, 7) is 2.64. The van der Waals surface area contributed by atoms with E-state index in [0.717, 1.165) is 18.5 Å². The summed E-state index contributed by atoms with van der Waals surface area (Å²) in [6, 6.07) is 8.08. The predicted molar refractivity (Wildman–Crippen MR) is 91.3 cm³/mol. The van der Waals surface area contributed by atoms with Gasteiger partial charge in [0.25, 0.3) is 0 Å². The van der Waals surface area contributed by atoms with Crippen molar-refractivity contribution in [2.45, 2.75) is 31.6 Å². The van der Waals surface area contributed by atoms with Gasteiger partial charge in [-0.3, -0.25) is 4.79 Å². The largest absolute Gasteiger partial charge is 0.481 e. The number of benzene rings is 1. The van der Waals surface area contributed by atoms with Gasteiger partial charge in [0.05, 0.1) is 12.0 Å². The van der Waals surface area contributed by atoms with Gasteiger partial charge in [0.1, 0.15) is 5.41 Å². The van der Waals surface area contributed by atoms with Crippen LogP contribution in [0, 0.1) is 12.8 Å². The van der Waals surface area contributed by atoms with Gasteiger partial charge in [0.15, 0.2) is 0 Å². The van der Waals surface area contributed by atoms with Crippen LogP contribution >= 0.6 is 12.4 Å². The molecule has 1 saturated carbocycles. The number of aryl methyl sites for hydroxylation is 1. The van der Waals surface area contributed by atoms with Crippen molar-refractivity contribution in [3.63, 3.8) is 0 Å². The van der Waals surface area contributed by atoms with Gasteiger partial charge in [0.2, 0.25) is 0 Å². The summed E-state index contributed by atoms with van der Waals surface area (Å²) in [7, 11) is 0. The number of carboxylic acids is 1. The molecule has 0 amide bonds. The lowest BCUT2D eigenvalue weighted by atomic mass is 9.98. The van der Waals surface area contributed by atoms with E-state index >= 15 is 0 Å². The van der Waals surface area contributed by atoms with Crippen LogP contribution in [-0.2, 0) is 10.2 Å². The van der Waals surface area contributed by atoms with E-state index < -0.39 is 11.4 Å². The molecule has 2 aromatic rings. The molecule has 1 aromatic heterocycles. The molecule has 2 atom stereocenters. The SMILES string of the molecule is Cc1ccc(-n2cnc(C3(C(=O)O)CC3CCCN)c2)cc1.Cl. The van der Waals surface area contributed by atoms with Crippen LogP contribution in [-0.4, -0.2) is 27.2 Å². The Morgan fingerprint density at radius 1 is 1.43 bits per heavy atom. The summed E-state index contributed by atoms with van der Waals surface area (Å²) in [5.41, 5.74) is 7.55. The Morgan fingerprint density at radius 2 is 2.13 bits per heavy atom. The maximum atomic E-state index is 11.8. The molecule has 5 nitrogen and oxygen atoms in total. The van der Waals surface area contributed by atoms with Crippen LogP contribution in [0.4, 0.5) is 0 Å². The number of halogens is 1. The molecule has 1 aliphatic rings. The first kappa shape index (κ1) is 17.5. The van der Waals surface area contributed by atoms with Gasteiger partial charge in [-0.05, 0) is 50.8 Å². The summed E-state index contributed by atoms with van der Waals surface area (Å²) in [6.07, 6.45) is 5.91. The molecule has 23 heavy (non-hydrogen) atoms. The number of aromatic nitrogens is 2. The van der Waals surface area contributed by atoms with Gasteiger partial charge in [-0.15, -0.1) is 12.4 Å². The Balaban J connectivity index is 0.00000192. The van der Waals surface area contributed by atoms with Crippen LogP contribution < -0.4 is 5.73 Å². The minimum atomic E-state index is -0.814. The number of aliphatic carboxylic acids is 1. The summed E-state index contributed by atoms with van der Waals surface area (Å²) < 4.78 is 1.89. The molecule has 1 aromatic carbocycles. The zero-order valence-electron chi connectivity index (χ0n) is 13.1. The number of hydrogen-bond donors (Lipinski definition) is 2. The fourth-order valence-corrected chi connectivity index (χ4v) is 3.14. The molecule has 124 valence electrons. The van der Waals surface area contributed by atoms with Crippen molar-refractivity contribution >= 4 is 18.4 Å². The number of hydrogen-bond acceptors (Lipinski definition) is 3. The molecule has 3 N–H and O–H groups in total. The van der Waals surface area contributed by atoms with Crippen LogP contribution in [0.5, 0.6) is 0 Å². The molecule has 6 heteroatoms. The van der Waals surface area contributed by atoms with Crippen molar-refractivity contribution in [1.29, 1.82) is 0 Å². The summed E-state index contributed by atoms with van der Waals surface area (Å²) in [5, 5.41) is 9.66. The Morgan fingerprint density at radius 3 is 2.74 bits per heavy atom. The number of rotatable bonds is 6. The zero-order valence-corrected chi connectivity index (χ0v) is 13.9. The van der Waals surface area contributed by atoms with Gasteiger partial charge >= 0.3 is 5.97 Å². The van der Waals surface area contributed by atoms with E-state index in [0.29, 0.717) is 18.7 Å². The third kappa shape index (κ3) is 3.12. The highest BCUT2D eigenvalue weighted by atomic mass is 35.5. The van der Waals surface area contributed by atoms with Crippen molar-refractivity contribution in [2.24, 2.45) is 11.7 Å². The number of imidazole rings is 1. The van der Waals surface area contributed by atoms with Gasteiger partial charge < -0.3 is 15.4 Å². The molecule has 1 fully saturated rings. The van der Waals surface area contributed by atoms with Gasteiger partial charge in [-0.1, -0.05) is 17.7 Å². The lowest BCUT2D eigenvalue weighted by molar-refractivity contribution is -0.140. The van der Waals surface area contributed by atoms with Crippen LogP contribution in [0.1, 0.15) is 30.5 Å². The quantitative estimate of drug-likeness (QED) is 0.850.